The quantitative estimate of drug-likeness (QED) is 0.0513. The van der Waals surface area contributed by atoms with Crippen LogP contribution in [0.5, 0.6) is 0 Å². The number of hydrogen-bond donors (Lipinski definition) is 1. The zero-order valence-corrected chi connectivity index (χ0v) is 26.6. The molecule has 0 saturated carbocycles. The molecule has 0 heterocycles. The average molecular weight is 567 g/mol. The molecule has 0 saturated heterocycles. The second kappa shape index (κ2) is 32.2. The van der Waals surface area contributed by atoms with Gasteiger partial charge in [-0.25, -0.2) is 0 Å². The second-order valence-electron chi connectivity index (χ2n) is 11.6. The summed E-state index contributed by atoms with van der Waals surface area (Å²) in [5, 5.41) is 9.95. The highest BCUT2D eigenvalue weighted by Gasteiger charge is 2.12. The van der Waals surface area contributed by atoms with Crippen molar-refractivity contribution in [2.24, 2.45) is 0 Å². The molecule has 5 nitrogen and oxygen atoms in total. The van der Waals surface area contributed by atoms with Gasteiger partial charge in [0.1, 0.15) is 19.3 Å². The van der Waals surface area contributed by atoms with Crippen LogP contribution in [0.1, 0.15) is 181 Å². The molecular weight excluding hydrogens is 500 g/mol. The molecule has 0 spiro atoms. The Labute approximate surface area is 248 Å². The molecule has 1 atom stereocenters. The van der Waals surface area contributed by atoms with E-state index in [0.29, 0.717) is 12.8 Å². The molecule has 0 aromatic heterocycles. The molecular formula is C35H66O5. The molecule has 0 amide bonds. The van der Waals surface area contributed by atoms with Gasteiger partial charge in [-0.05, 0) is 38.5 Å². The molecule has 0 aliphatic carbocycles. The largest absolute Gasteiger partial charge is 0.463 e. The summed E-state index contributed by atoms with van der Waals surface area (Å²) < 4.78 is 10.3. The number of hydrogen-bond acceptors (Lipinski definition) is 5. The summed E-state index contributed by atoms with van der Waals surface area (Å²) in [4.78, 5) is 23.8. The highest BCUT2D eigenvalue weighted by molar-refractivity contribution is 5.69. The first-order valence-corrected chi connectivity index (χ1v) is 17.2. The van der Waals surface area contributed by atoms with E-state index in [1.54, 1.807) is 0 Å². The van der Waals surface area contributed by atoms with E-state index >= 15 is 0 Å². The monoisotopic (exact) mass is 566 g/mol. The summed E-state index contributed by atoms with van der Waals surface area (Å²) in [7, 11) is 0. The minimum atomic E-state index is -0.957. The highest BCUT2D eigenvalue weighted by Crippen LogP contribution is 2.13. The molecule has 0 unspecified atom stereocenters. The Kier molecular flexibility index (Phi) is 31.1. The molecule has 0 aromatic rings. The van der Waals surface area contributed by atoms with Crippen LogP contribution in [0.2, 0.25) is 0 Å². The molecule has 40 heavy (non-hydrogen) atoms. The third-order valence-electron chi connectivity index (χ3n) is 7.50. The molecule has 0 aliphatic heterocycles. The smallest absolute Gasteiger partial charge is 0.305 e. The van der Waals surface area contributed by atoms with E-state index in [9.17, 15) is 14.7 Å². The van der Waals surface area contributed by atoms with Gasteiger partial charge in [-0.2, -0.15) is 0 Å². The molecule has 5 heteroatoms. The lowest BCUT2D eigenvalue weighted by Crippen LogP contribution is -2.25. The Balaban J connectivity index is 3.42. The summed E-state index contributed by atoms with van der Waals surface area (Å²) in [6, 6.07) is 0. The molecule has 0 bridgehead atoms. The number of ether oxygens (including phenoxy) is 2. The summed E-state index contributed by atoms with van der Waals surface area (Å²) in [5.74, 6) is -0.566. The predicted molar refractivity (Wildman–Crippen MR) is 168 cm³/mol. The third-order valence-corrected chi connectivity index (χ3v) is 7.50. The number of carbonyl (C=O) groups is 2. The summed E-state index contributed by atoms with van der Waals surface area (Å²) in [6.07, 6.45) is 34.0. The van der Waals surface area contributed by atoms with Crippen molar-refractivity contribution < 1.29 is 24.2 Å². The zero-order valence-electron chi connectivity index (χ0n) is 26.6. The summed E-state index contributed by atoms with van der Waals surface area (Å²) in [5.41, 5.74) is 0. The van der Waals surface area contributed by atoms with Crippen LogP contribution in [0, 0.1) is 0 Å². The fourth-order valence-electron chi connectivity index (χ4n) is 4.84. The van der Waals surface area contributed by atoms with E-state index in [0.717, 1.165) is 38.5 Å². The molecule has 0 rings (SSSR count). The first-order valence-electron chi connectivity index (χ1n) is 17.2. The van der Waals surface area contributed by atoms with E-state index < -0.39 is 6.10 Å². The maximum atomic E-state index is 11.9. The highest BCUT2D eigenvalue weighted by atomic mass is 16.6. The fraction of sp³-hybridized carbons (Fsp3) is 0.886. The summed E-state index contributed by atoms with van der Waals surface area (Å²) in [6.45, 7) is 4.27. The Morgan fingerprint density at radius 3 is 1.18 bits per heavy atom. The van der Waals surface area contributed by atoms with E-state index in [4.69, 9.17) is 9.47 Å². The van der Waals surface area contributed by atoms with E-state index in [1.165, 1.54) is 116 Å². The number of aliphatic hydroxyl groups excluding tert-OH is 1. The number of aliphatic hydroxyl groups is 1. The van der Waals surface area contributed by atoms with Gasteiger partial charge in [-0.1, -0.05) is 142 Å². The van der Waals surface area contributed by atoms with Gasteiger partial charge in [0.2, 0.25) is 0 Å². The lowest BCUT2D eigenvalue weighted by molar-refractivity contribution is -0.152. The first kappa shape index (κ1) is 38.6. The number of allylic oxidation sites excluding steroid dienone is 2. The molecule has 0 fully saturated rings. The average Bonchev–Trinajstić information content (AvgIpc) is 2.95. The lowest BCUT2D eigenvalue weighted by Gasteiger charge is -2.12. The second-order valence-corrected chi connectivity index (χ2v) is 11.6. The van der Waals surface area contributed by atoms with Crippen LogP contribution in [0.3, 0.4) is 0 Å². The van der Waals surface area contributed by atoms with Gasteiger partial charge in [-0.3, -0.25) is 9.59 Å². The normalized spacial score (nSPS) is 12.2. The minimum Gasteiger partial charge on any atom is -0.463 e. The SMILES string of the molecule is CCCCCC/C=C\CCCCCCCCCC(=O)OC[C@H](O)COC(=O)CCCCCCCCCCCCC. The molecule has 0 radical (unpaired) electrons. The van der Waals surface area contributed by atoms with Crippen LogP contribution in [-0.2, 0) is 19.1 Å². The number of carbonyl (C=O) groups excluding carboxylic acids is 2. The van der Waals surface area contributed by atoms with Crippen molar-refractivity contribution in [1.82, 2.24) is 0 Å². The van der Waals surface area contributed by atoms with Crippen molar-refractivity contribution in [3.05, 3.63) is 12.2 Å². The number of esters is 2. The van der Waals surface area contributed by atoms with Crippen molar-refractivity contribution in [3.8, 4) is 0 Å². The van der Waals surface area contributed by atoms with Crippen LogP contribution < -0.4 is 0 Å². The van der Waals surface area contributed by atoms with Crippen LogP contribution in [-0.4, -0.2) is 36.4 Å². The van der Waals surface area contributed by atoms with Crippen LogP contribution in [0.4, 0.5) is 0 Å². The molecule has 1 N–H and O–H groups in total. The van der Waals surface area contributed by atoms with Crippen molar-refractivity contribution in [2.45, 2.75) is 187 Å². The molecule has 0 aromatic carbocycles. The van der Waals surface area contributed by atoms with Crippen LogP contribution in [0.25, 0.3) is 0 Å². The van der Waals surface area contributed by atoms with Crippen LogP contribution in [0.15, 0.2) is 12.2 Å². The number of rotatable bonds is 31. The fourth-order valence-corrected chi connectivity index (χ4v) is 4.84. The van der Waals surface area contributed by atoms with E-state index in [-0.39, 0.29) is 25.2 Å². The van der Waals surface area contributed by atoms with Gasteiger partial charge in [-0.15, -0.1) is 0 Å². The van der Waals surface area contributed by atoms with Gasteiger partial charge in [0, 0.05) is 12.8 Å². The summed E-state index contributed by atoms with van der Waals surface area (Å²) >= 11 is 0. The van der Waals surface area contributed by atoms with Crippen molar-refractivity contribution in [3.63, 3.8) is 0 Å². The van der Waals surface area contributed by atoms with Gasteiger partial charge in [0.15, 0.2) is 0 Å². The standard InChI is InChI=1S/C35H66O5/c1-3-5-7-9-11-13-15-16-17-18-20-22-24-26-28-30-35(38)40-32-33(36)31-39-34(37)29-27-25-23-21-19-14-12-10-8-6-4-2/h13,15,33,36H,3-12,14,16-32H2,1-2H3/b15-13-/t33-/m1/s1. The molecule has 236 valence electrons. The predicted octanol–water partition coefficient (Wildman–Crippen LogP) is 10.2. The Hall–Kier alpha value is -1.36. The lowest BCUT2D eigenvalue weighted by atomic mass is 10.1. The topological polar surface area (TPSA) is 72.8 Å². The Morgan fingerprint density at radius 1 is 0.500 bits per heavy atom. The minimum absolute atomic E-state index is 0.112. The van der Waals surface area contributed by atoms with Gasteiger partial charge in [0.05, 0.1) is 0 Å². The maximum Gasteiger partial charge on any atom is 0.305 e. The van der Waals surface area contributed by atoms with Gasteiger partial charge in [0.25, 0.3) is 0 Å². The van der Waals surface area contributed by atoms with Gasteiger partial charge >= 0.3 is 11.9 Å². The first-order chi connectivity index (χ1) is 19.6. The zero-order chi connectivity index (χ0) is 29.4. The Morgan fingerprint density at radius 2 is 0.800 bits per heavy atom. The van der Waals surface area contributed by atoms with Gasteiger partial charge < -0.3 is 14.6 Å². The van der Waals surface area contributed by atoms with E-state index in [2.05, 4.69) is 26.0 Å². The maximum absolute atomic E-state index is 11.9. The van der Waals surface area contributed by atoms with Crippen LogP contribution >= 0.6 is 0 Å². The number of unbranched alkanes of at least 4 members (excludes halogenated alkanes) is 21. The van der Waals surface area contributed by atoms with E-state index in [1.807, 2.05) is 0 Å². The molecule has 0 aliphatic rings. The van der Waals surface area contributed by atoms with Crippen molar-refractivity contribution in [1.29, 1.82) is 0 Å². The van der Waals surface area contributed by atoms with Crippen molar-refractivity contribution in [2.75, 3.05) is 13.2 Å². The Bertz CT molecular complexity index is 574. The van der Waals surface area contributed by atoms with Crippen molar-refractivity contribution >= 4 is 11.9 Å². The third kappa shape index (κ3) is 31.2.